The Balaban J connectivity index is 1.72. The summed E-state index contributed by atoms with van der Waals surface area (Å²) in [4.78, 5) is 31.2. The van der Waals surface area contributed by atoms with Gasteiger partial charge >= 0.3 is 6.18 Å². The molecule has 0 fully saturated rings. The number of nitrogens with two attached hydrogens (primary N) is 3. The fourth-order valence-electron chi connectivity index (χ4n) is 5.53. The van der Waals surface area contributed by atoms with Gasteiger partial charge in [-0.3, -0.25) is 14.6 Å². The van der Waals surface area contributed by atoms with Crippen molar-refractivity contribution in [1.82, 2.24) is 10.3 Å². The molecule has 2 aromatic carbocycles. The quantitative estimate of drug-likeness (QED) is 0.108. The van der Waals surface area contributed by atoms with Crippen LogP contribution in [-0.2, 0) is 28.6 Å². The van der Waals surface area contributed by atoms with Crippen molar-refractivity contribution in [2.24, 2.45) is 17.2 Å². The number of rotatable bonds is 18. The van der Waals surface area contributed by atoms with E-state index in [1.807, 2.05) is 30.3 Å². The maximum Gasteiger partial charge on any atom is 0.416 e. The lowest BCUT2D eigenvalue weighted by molar-refractivity contribution is -0.925. The number of ketones is 1. The molecule has 3 aromatic rings. The largest absolute Gasteiger partial charge is 0.416 e. The Kier molecular flexibility index (Phi) is 13.6. The molecule has 3 rings (SSSR count). The predicted octanol–water partition coefficient (Wildman–Crippen LogP) is 3.25. The molecule has 12 heteroatoms. The molecule has 1 amide bonds. The van der Waals surface area contributed by atoms with Crippen molar-refractivity contribution in [2.75, 3.05) is 45.0 Å². The van der Waals surface area contributed by atoms with Gasteiger partial charge in [0.1, 0.15) is 0 Å². The number of quaternary nitrogens is 1. The topological polar surface area (TPSA) is 137 Å². The molecule has 0 unspecified atom stereocenters. The lowest BCUT2D eigenvalue weighted by Crippen LogP contribution is -2.55. The van der Waals surface area contributed by atoms with Gasteiger partial charge in [-0.1, -0.05) is 30.3 Å². The third-order valence-corrected chi connectivity index (χ3v) is 8.25. The van der Waals surface area contributed by atoms with E-state index in [2.05, 4.69) is 22.9 Å². The molecular weight excluding hydrogens is 589 g/mol. The standard InChI is InChI=1S/C32H43F3N6O2S/c33-32(34,35)26-10-8-23(9-11-26)20-29(30(42)21-24-19-25-5-1-2-7-28(25)39-22-24)40-31(43)27(38)6-3-14-41(16-12-36,17-13-37)15-4-18-44/h1-2,5,7-11,19,22,27,29H,3-4,6,12-18,20-21,36-38H2,(H-,40,43,44)/p+1/t27-,29+/m0/s1. The zero-order chi connectivity index (χ0) is 32.2. The molecule has 8 nitrogen and oxygen atoms in total. The van der Waals surface area contributed by atoms with Crippen LogP contribution in [-0.4, -0.2) is 78.3 Å². The molecule has 2 atom stereocenters. The molecule has 7 N–H and O–H groups in total. The molecule has 1 aromatic heterocycles. The van der Waals surface area contributed by atoms with Gasteiger partial charge in [-0.15, -0.1) is 0 Å². The van der Waals surface area contributed by atoms with Crippen molar-refractivity contribution in [1.29, 1.82) is 0 Å². The number of benzene rings is 2. The lowest BCUT2D eigenvalue weighted by Gasteiger charge is -2.38. The SMILES string of the molecule is NCC[N+](CCN)(CCCS)CCC[C@H](N)C(=O)N[C@H](Cc1ccc(C(F)(F)F)cc1)C(=O)Cc1cnc2ccccc2c1. The molecule has 0 bridgehead atoms. The van der Waals surface area contributed by atoms with Crippen molar-refractivity contribution in [3.8, 4) is 0 Å². The smallest absolute Gasteiger partial charge is 0.345 e. The van der Waals surface area contributed by atoms with Crippen LogP contribution in [0.15, 0.2) is 60.8 Å². The number of aromatic nitrogens is 1. The first-order chi connectivity index (χ1) is 21.0. The number of nitrogens with zero attached hydrogens (tertiary/aromatic N) is 2. The van der Waals surface area contributed by atoms with E-state index in [0.29, 0.717) is 37.1 Å². The molecule has 0 aliphatic carbocycles. The third-order valence-electron chi connectivity index (χ3n) is 7.93. The van der Waals surface area contributed by atoms with Crippen molar-refractivity contribution >= 4 is 35.2 Å². The number of carbonyl (C=O) groups is 2. The Labute approximate surface area is 262 Å². The van der Waals surface area contributed by atoms with Crippen molar-refractivity contribution in [2.45, 2.75) is 50.4 Å². The van der Waals surface area contributed by atoms with E-state index in [9.17, 15) is 22.8 Å². The van der Waals surface area contributed by atoms with Gasteiger partial charge < -0.3 is 27.0 Å². The van der Waals surface area contributed by atoms with Crippen molar-refractivity contribution in [3.63, 3.8) is 0 Å². The maximum absolute atomic E-state index is 13.5. The first-order valence-corrected chi connectivity index (χ1v) is 15.6. The van der Waals surface area contributed by atoms with E-state index < -0.39 is 29.7 Å². The second kappa shape index (κ2) is 16.9. The normalized spacial score (nSPS) is 13.5. The predicted molar refractivity (Wildman–Crippen MR) is 171 cm³/mol. The second-order valence-electron chi connectivity index (χ2n) is 11.3. The van der Waals surface area contributed by atoms with Gasteiger partial charge in [0.2, 0.25) is 5.91 Å². The summed E-state index contributed by atoms with van der Waals surface area (Å²) in [7, 11) is 0. The number of fused-ring (bicyclic) bond motifs is 1. The van der Waals surface area contributed by atoms with Gasteiger partial charge in [0.05, 0.1) is 49.3 Å². The van der Waals surface area contributed by atoms with Crippen LogP contribution in [0, 0.1) is 0 Å². The van der Waals surface area contributed by atoms with Gasteiger partial charge in [-0.2, -0.15) is 25.8 Å². The Hall–Kier alpha value is -3.03. The molecular formula is C32H44F3N6O2S+. The van der Waals surface area contributed by atoms with E-state index >= 15 is 0 Å². The van der Waals surface area contributed by atoms with E-state index in [0.717, 1.165) is 65.9 Å². The van der Waals surface area contributed by atoms with Crippen LogP contribution in [0.2, 0.25) is 0 Å². The summed E-state index contributed by atoms with van der Waals surface area (Å²) in [6.45, 7) is 4.19. The molecule has 0 aliphatic heterocycles. The molecule has 0 saturated heterocycles. The number of thiol groups is 1. The van der Waals surface area contributed by atoms with E-state index in [4.69, 9.17) is 17.2 Å². The van der Waals surface area contributed by atoms with Gasteiger partial charge in [-0.05, 0) is 60.4 Å². The maximum atomic E-state index is 13.5. The average molecular weight is 634 g/mol. The Bertz CT molecular complexity index is 1350. The first kappa shape index (κ1) is 35.4. The number of halogens is 3. The monoisotopic (exact) mass is 633 g/mol. The zero-order valence-corrected chi connectivity index (χ0v) is 25.8. The summed E-state index contributed by atoms with van der Waals surface area (Å²) in [6.07, 6.45) is -0.899. The minimum absolute atomic E-state index is 0.0119. The zero-order valence-electron chi connectivity index (χ0n) is 24.9. The van der Waals surface area contributed by atoms with Crippen molar-refractivity contribution in [3.05, 3.63) is 77.5 Å². The fourth-order valence-corrected chi connectivity index (χ4v) is 5.67. The summed E-state index contributed by atoms with van der Waals surface area (Å²) in [5.41, 5.74) is 19.2. The highest BCUT2D eigenvalue weighted by Crippen LogP contribution is 2.29. The molecule has 0 aliphatic rings. The van der Waals surface area contributed by atoms with Gasteiger partial charge in [0.15, 0.2) is 5.78 Å². The molecule has 0 spiro atoms. The molecule has 240 valence electrons. The lowest BCUT2D eigenvalue weighted by atomic mass is 9.96. The third kappa shape index (κ3) is 10.6. The highest BCUT2D eigenvalue weighted by Gasteiger charge is 2.31. The van der Waals surface area contributed by atoms with Crippen LogP contribution in [0.1, 0.15) is 36.0 Å². The Morgan fingerprint density at radius 2 is 1.59 bits per heavy atom. The summed E-state index contributed by atoms with van der Waals surface area (Å²) >= 11 is 4.34. The van der Waals surface area contributed by atoms with E-state index in [1.165, 1.54) is 12.1 Å². The number of Topliss-reactive ketones (excluding diaryl/α,β-unsaturated/α-hetero) is 1. The van der Waals surface area contributed by atoms with E-state index in [-0.39, 0.29) is 18.6 Å². The Morgan fingerprint density at radius 1 is 0.932 bits per heavy atom. The van der Waals surface area contributed by atoms with E-state index in [1.54, 1.807) is 6.20 Å². The minimum Gasteiger partial charge on any atom is -0.345 e. The molecule has 0 saturated carbocycles. The first-order valence-electron chi connectivity index (χ1n) is 14.9. The summed E-state index contributed by atoms with van der Waals surface area (Å²) in [6, 6.07) is 12.1. The fraction of sp³-hybridized carbons (Fsp3) is 0.469. The highest BCUT2D eigenvalue weighted by molar-refractivity contribution is 7.80. The number of hydrogen-bond donors (Lipinski definition) is 5. The number of hydrogen-bond acceptors (Lipinski definition) is 7. The van der Waals surface area contributed by atoms with Crippen LogP contribution < -0.4 is 22.5 Å². The number of nitrogens with one attached hydrogen (secondary N) is 1. The molecule has 44 heavy (non-hydrogen) atoms. The Morgan fingerprint density at radius 3 is 2.23 bits per heavy atom. The summed E-state index contributed by atoms with van der Waals surface area (Å²) in [5.74, 6) is -0.0328. The highest BCUT2D eigenvalue weighted by atomic mass is 32.1. The minimum atomic E-state index is -4.48. The molecule has 0 radical (unpaired) electrons. The average Bonchev–Trinajstić information content (AvgIpc) is 2.99. The molecule has 1 heterocycles. The summed E-state index contributed by atoms with van der Waals surface area (Å²) < 4.78 is 40.0. The van der Waals surface area contributed by atoms with Crippen LogP contribution in [0.4, 0.5) is 13.2 Å². The number of pyridine rings is 1. The van der Waals surface area contributed by atoms with Gasteiger partial charge in [-0.25, -0.2) is 0 Å². The number of para-hydroxylation sites is 1. The van der Waals surface area contributed by atoms with Gasteiger partial charge in [0, 0.05) is 37.5 Å². The second-order valence-corrected chi connectivity index (χ2v) is 11.7. The number of amides is 1. The van der Waals surface area contributed by atoms with Gasteiger partial charge in [0.25, 0.3) is 0 Å². The number of alkyl halides is 3. The van der Waals surface area contributed by atoms with Crippen LogP contribution in [0.5, 0.6) is 0 Å². The van der Waals surface area contributed by atoms with Crippen LogP contribution in [0.25, 0.3) is 10.9 Å². The van der Waals surface area contributed by atoms with Crippen molar-refractivity contribution < 1.29 is 27.2 Å². The number of carbonyl (C=O) groups excluding carboxylic acids is 2. The summed E-state index contributed by atoms with van der Waals surface area (Å²) in [5, 5.41) is 3.66. The van der Waals surface area contributed by atoms with Crippen LogP contribution >= 0.6 is 12.6 Å². The van der Waals surface area contributed by atoms with Crippen LogP contribution in [0.3, 0.4) is 0 Å².